The highest BCUT2D eigenvalue weighted by Gasteiger charge is 2.34. The van der Waals surface area contributed by atoms with E-state index in [1.54, 1.807) is 35.3 Å². The van der Waals surface area contributed by atoms with Gasteiger partial charge >= 0.3 is 0 Å². The average Bonchev–Trinajstić information content (AvgIpc) is 3.39. The van der Waals surface area contributed by atoms with Gasteiger partial charge in [0.25, 0.3) is 17.1 Å². The normalized spacial score (nSPS) is 14.9. The lowest BCUT2D eigenvalue weighted by atomic mass is 10.1. The molecule has 8 nitrogen and oxygen atoms in total. The van der Waals surface area contributed by atoms with Crippen LogP contribution in [0.4, 0.5) is 9.18 Å². The first kappa shape index (κ1) is 21.4. The predicted octanol–water partition coefficient (Wildman–Crippen LogP) is 2.93. The van der Waals surface area contributed by atoms with Crippen LogP contribution in [-0.4, -0.2) is 49.8 Å². The average molecular weight is 451 g/mol. The molecule has 162 valence electrons. The van der Waals surface area contributed by atoms with Crippen LogP contribution in [0.5, 0.6) is 0 Å². The lowest BCUT2D eigenvalue weighted by Gasteiger charge is -2.13. The topological polar surface area (TPSA) is 97.2 Å². The van der Waals surface area contributed by atoms with E-state index in [9.17, 15) is 18.8 Å². The van der Waals surface area contributed by atoms with Gasteiger partial charge < -0.3 is 5.32 Å². The summed E-state index contributed by atoms with van der Waals surface area (Å²) in [5.41, 5.74) is 1.66. The first-order valence-electron chi connectivity index (χ1n) is 9.71. The van der Waals surface area contributed by atoms with Crippen LogP contribution in [0.25, 0.3) is 6.08 Å². The molecule has 1 aliphatic rings. The van der Waals surface area contributed by atoms with E-state index in [-0.39, 0.29) is 29.5 Å². The van der Waals surface area contributed by atoms with Gasteiger partial charge in [-0.15, -0.1) is 0 Å². The molecule has 1 N–H and O–H groups in total. The van der Waals surface area contributed by atoms with E-state index < -0.39 is 17.0 Å². The zero-order valence-electron chi connectivity index (χ0n) is 16.8. The van der Waals surface area contributed by atoms with Crippen molar-refractivity contribution in [2.24, 2.45) is 0 Å². The van der Waals surface area contributed by atoms with Crippen molar-refractivity contribution in [3.63, 3.8) is 0 Å². The van der Waals surface area contributed by atoms with Gasteiger partial charge in [0.1, 0.15) is 18.5 Å². The Morgan fingerprint density at radius 3 is 2.62 bits per heavy atom. The Morgan fingerprint density at radius 2 is 1.91 bits per heavy atom. The summed E-state index contributed by atoms with van der Waals surface area (Å²) >= 11 is 0.751. The van der Waals surface area contributed by atoms with E-state index in [2.05, 4.69) is 15.4 Å². The Bertz CT molecular complexity index is 1180. The minimum absolute atomic E-state index is 0.0232. The number of thioether (sulfide) groups is 1. The fourth-order valence-corrected chi connectivity index (χ4v) is 3.93. The summed E-state index contributed by atoms with van der Waals surface area (Å²) < 4.78 is 15.5. The Kier molecular flexibility index (Phi) is 6.41. The maximum Gasteiger partial charge on any atom is 0.293 e. The lowest BCUT2D eigenvalue weighted by Crippen LogP contribution is -2.37. The van der Waals surface area contributed by atoms with Crippen LogP contribution in [0.15, 0.2) is 66.1 Å². The lowest BCUT2D eigenvalue weighted by molar-refractivity contribution is -0.122. The number of imide groups is 1. The molecular weight excluding hydrogens is 433 g/mol. The summed E-state index contributed by atoms with van der Waals surface area (Å²) in [6.45, 7) is 0.668. The van der Waals surface area contributed by atoms with Crippen LogP contribution < -0.4 is 5.32 Å². The fourth-order valence-electron chi connectivity index (χ4n) is 3.07. The van der Waals surface area contributed by atoms with Crippen LogP contribution in [-0.2, 0) is 11.3 Å². The van der Waals surface area contributed by atoms with E-state index in [0.717, 1.165) is 22.2 Å². The summed E-state index contributed by atoms with van der Waals surface area (Å²) in [5.74, 6) is -1.29. The number of amides is 3. The number of hydrogen-bond donors (Lipinski definition) is 1. The van der Waals surface area contributed by atoms with Crippen LogP contribution in [0.3, 0.4) is 0 Å². The van der Waals surface area contributed by atoms with E-state index >= 15 is 0 Å². The predicted molar refractivity (Wildman–Crippen MR) is 117 cm³/mol. The minimum Gasteiger partial charge on any atom is -0.350 e. The monoisotopic (exact) mass is 451 g/mol. The van der Waals surface area contributed by atoms with Crippen LogP contribution >= 0.6 is 11.8 Å². The third-order valence-corrected chi connectivity index (χ3v) is 5.62. The highest BCUT2D eigenvalue weighted by Crippen LogP contribution is 2.32. The molecule has 32 heavy (non-hydrogen) atoms. The van der Waals surface area contributed by atoms with Gasteiger partial charge in [-0.1, -0.05) is 30.3 Å². The Hall–Kier alpha value is -3.79. The third-order valence-electron chi connectivity index (χ3n) is 4.71. The molecule has 0 bridgehead atoms. The number of nitrogens with one attached hydrogen (secondary N) is 1. The van der Waals surface area contributed by atoms with Crippen molar-refractivity contribution in [3.8, 4) is 0 Å². The van der Waals surface area contributed by atoms with E-state index in [4.69, 9.17) is 0 Å². The number of hydrogen-bond acceptors (Lipinski definition) is 6. The summed E-state index contributed by atoms with van der Waals surface area (Å²) in [6.07, 6.45) is 4.42. The van der Waals surface area contributed by atoms with Gasteiger partial charge in [0.05, 0.1) is 11.4 Å². The quantitative estimate of drug-likeness (QED) is 0.555. The minimum atomic E-state index is -0.505. The van der Waals surface area contributed by atoms with Crippen molar-refractivity contribution >= 4 is 34.9 Å². The van der Waals surface area contributed by atoms with Gasteiger partial charge in [-0.25, -0.2) is 14.1 Å². The summed E-state index contributed by atoms with van der Waals surface area (Å²) in [7, 11) is 0. The van der Waals surface area contributed by atoms with E-state index in [0.29, 0.717) is 12.1 Å². The van der Waals surface area contributed by atoms with Crippen molar-refractivity contribution in [3.05, 3.63) is 88.6 Å². The molecule has 0 spiro atoms. The first-order valence-corrected chi connectivity index (χ1v) is 10.5. The molecule has 10 heteroatoms. The zero-order chi connectivity index (χ0) is 22.5. The Labute approximate surface area is 187 Å². The molecule has 0 radical (unpaired) electrons. The van der Waals surface area contributed by atoms with Crippen LogP contribution in [0, 0.1) is 5.82 Å². The number of aromatic nitrogens is 3. The van der Waals surface area contributed by atoms with Gasteiger partial charge in [-0.05, 0) is 41.6 Å². The third kappa shape index (κ3) is 4.92. The maximum atomic E-state index is 13.8. The molecule has 0 unspecified atom stereocenters. The number of nitrogens with zero attached hydrogens (tertiary/aromatic N) is 4. The Balaban J connectivity index is 1.31. The molecule has 3 amide bonds. The smallest absolute Gasteiger partial charge is 0.293 e. The van der Waals surface area contributed by atoms with Crippen molar-refractivity contribution in [1.82, 2.24) is 25.0 Å². The van der Waals surface area contributed by atoms with Crippen molar-refractivity contribution < 1.29 is 18.8 Å². The number of carbonyl (C=O) groups excluding carboxylic acids is 3. The largest absolute Gasteiger partial charge is 0.350 e. The van der Waals surface area contributed by atoms with Crippen LogP contribution in [0.1, 0.15) is 21.5 Å². The van der Waals surface area contributed by atoms with Gasteiger partial charge in [0, 0.05) is 24.2 Å². The molecule has 0 atom stereocenters. The van der Waals surface area contributed by atoms with Crippen molar-refractivity contribution in [1.29, 1.82) is 0 Å². The van der Waals surface area contributed by atoms with E-state index in [1.165, 1.54) is 24.5 Å². The molecule has 1 fully saturated rings. The highest BCUT2D eigenvalue weighted by atomic mass is 32.2. The number of rotatable bonds is 7. The molecule has 4 rings (SSSR count). The molecule has 1 saturated heterocycles. The molecule has 1 aromatic heterocycles. The van der Waals surface area contributed by atoms with Crippen molar-refractivity contribution in [2.45, 2.75) is 6.54 Å². The van der Waals surface area contributed by atoms with Gasteiger partial charge in [-0.3, -0.25) is 19.3 Å². The van der Waals surface area contributed by atoms with E-state index in [1.807, 2.05) is 12.1 Å². The Morgan fingerprint density at radius 1 is 1.12 bits per heavy atom. The standard InChI is InChI=1S/C22H18FN5O3S/c23-18-4-2-1-3-17(18)11-19-21(30)28(22(31)32-19)10-9-25-20(29)16-7-5-15(6-8-16)12-27-14-24-13-26-27/h1-8,11,13-14H,9-10,12H2,(H,25,29)/b19-11-. The molecule has 0 aliphatic carbocycles. The number of benzene rings is 2. The number of carbonyl (C=O) groups is 3. The maximum absolute atomic E-state index is 13.8. The highest BCUT2D eigenvalue weighted by molar-refractivity contribution is 8.18. The SMILES string of the molecule is O=C(NCCN1C(=O)S/C(=C\c2ccccc2F)C1=O)c1ccc(Cn2cncn2)cc1. The summed E-state index contributed by atoms with van der Waals surface area (Å²) in [6, 6.07) is 13.0. The summed E-state index contributed by atoms with van der Waals surface area (Å²) in [5, 5.41) is 6.28. The van der Waals surface area contributed by atoms with Gasteiger partial charge in [-0.2, -0.15) is 5.10 Å². The second-order valence-electron chi connectivity index (χ2n) is 6.90. The summed E-state index contributed by atoms with van der Waals surface area (Å²) in [4.78, 5) is 42.1. The van der Waals surface area contributed by atoms with Gasteiger partial charge in [0.2, 0.25) is 0 Å². The molecule has 2 aromatic carbocycles. The second-order valence-corrected chi connectivity index (χ2v) is 7.89. The molecule has 3 aromatic rings. The second kappa shape index (κ2) is 9.56. The first-order chi connectivity index (χ1) is 15.5. The molecule has 1 aliphatic heterocycles. The van der Waals surface area contributed by atoms with Gasteiger partial charge in [0.15, 0.2) is 0 Å². The molecular formula is C22H18FN5O3S. The van der Waals surface area contributed by atoms with Crippen LogP contribution in [0.2, 0.25) is 0 Å². The number of halogens is 1. The molecule has 0 saturated carbocycles. The van der Waals surface area contributed by atoms with Crippen molar-refractivity contribution in [2.75, 3.05) is 13.1 Å². The molecule has 2 heterocycles. The fraction of sp³-hybridized carbons (Fsp3) is 0.136. The zero-order valence-corrected chi connectivity index (χ0v) is 17.6.